The van der Waals surface area contributed by atoms with Crippen LogP contribution in [0.5, 0.6) is 0 Å². The summed E-state index contributed by atoms with van der Waals surface area (Å²) in [6, 6.07) is 14.5. The number of rotatable bonds is 8. The summed E-state index contributed by atoms with van der Waals surface area (Å²) in [4.78, 5) is 17.3. The van der Waals surface area contributed by atoms with Crippen molar-refractivity contribution in [2.24, 2.45) is 0 Å². The van der Waals surface area contributed by atoms with E-state index in [1.807, 2.05) is 30.0 Å². The zero-order valence-corrected chi connectivity index (χ0v) is 19.4. The first kappa shape index (κ1) is 23.4. The Morgan fingerprint density at radius 2 is 2.00 bits per heavy atom. The van der Waals surface area contributed by atoms with Crippen molar-refractivity contribution >= 4 is 38.9 Å². The molecule has 0 spiro atoms. The van der Waals surface area contributed by atoms with E-state index in [9.17, 15) is 13.2 Å². The maximum absolute atomic E-state index is 13.1. The second-order valence-electron chi connectivity index (χ2n) is 7.78. The van der Waals surface area contributed by atoms with Crippen molar-refractivity contribution in [3.63, 3.8) is 0 Å². The molecule has 2 aromatic rings. The first-order chi connectivity index (χ1) is 14.7. The quantitative estimate of drug-likeness (QED) is 0.627. The maximum atomic E-state index is 13.1. The second-order valence-corrected chi connectivity index (χ2v) is 9.96. The van der Waals surface area contributed by atoms with Gasteiger partial charge in [-0.25, -0.2) is 8.42 Å². The van der Waals surface area contributed by atoms with Gasteiger partial charge in [-0.2, -0.15) is 0 Å². The number of nitrogens with zero attached hydrogens (tertiary/aromatic N) is 2. The predicted molar refractivity (Wildman–Crippen MR) is 127 cm³/mol. The Hall–Kier alpha value is -2.29. The summed E-state index contributed by atoms with van der Waals surface area (Å²) in [5.41, 5.74) is 2.06. The lowest BCUT2D eigenvalue weighted by Gasteiger charge is -2.37. The molecule has 1 saturated heterocycles. The van der Waals surface area contributed by atoms with Crippen LogP contribution < -0.4 is 14.9 Å². The molecule has 1 atom stereocenters. The standard InChI is InChI=1S/C22H29ClN4O3S/c1-3-12-27(22(28)17-7-9-19(10-8-17)25-31(2,29)30)16-20-15-26(13-11-24-20)21-6-4-5-18(23)14-21/h4-10,14,20,24-25H,3,11-13,15-16H2,1-2H3. The molecule has 0 radical (unpaired) electrons. The van der Waals surface area contributed by atoms with Gasteiger partial charge < -0.3 is 15.1 Å². The molecule has 31 heavy (non-hydrogen) atoms. The number of hydrogen-bond acceptors (Lipinski definition) is 5. The molecule has 1 unspecified atom stereocenters. The van der Waals surface area contributed by atoms with E-state index in [1.165, 1.54) is 0 Å². The molecule has 0 aliphatic carbocycles. The number of sulfonamides is 1. The highest BCUT2D eigenvalue weighted by atomic mass is 35.5. The molecule has 1 heterocycles. The Kier molecular flexibility index (Phi) is 7.80. The van der Waals surface area contributed by atoms with E-state index in [2.05, 4.69) is 21.0 Å². The van der Waals surface area contributed by atoms with E-state index >= 15 is 0 Å². The third-order valence-corrected chi connectivity index (χ3v) is 5.93. The fraction of sp³-hybridized carbons (Fsp3) is 0.409. The van der Waals surface area contributed by atoms with Gasteiger partial charge in [-0.3, -0.25) is 9.52 Å². The van der Waals surface area contributed by atoms with Gasteiger partial charge in [-0.1, -0.05) is 24.6 Å². The molecule has 2 aromatic carbocycles. The molecule has 168 valence electrons. The number of benzene rings is 2. The van der Waals surface area contributed by atoms with E-state index < -0.39 is 10.0 Å². The smallest absolute Gasteiger partial charge is 0.253 e. The topological polar surface area (TPSA) is 81.8 Å². The monoisotopic (exact) mass is 464 g/mol. The van der Waals surface area contributed by atoms with E-state index in [0.29, 0.717) is 29.4 Å². The second kappa shape index (κ2) is 10.3. The third-order valence-electron chi connectivity index (χ3n) is 5.09. The van der Waals surface area contributed by atoms with Crippen molar-refractivity contribution < 1.29 is 13.2 Å². The van der Waals surface area contributed by atoms with Crippen LogP contribution in [0, 0.1) is 0 Å². The fourth-order valence-electron chi connectivity index (χ4n) is 3.74. The van der Waals surface area contributed by atoms with Crippen molar-refractivity contribution in [1.29, 1.82) is 0 Å². The highest BCUT2D eigenvalue weighted by Gasteiger charge is 2.24. The lowest BCUT2D eigenvalue weighted by molar-refractivity contribution is 0.0737. The molecular weight excluding hydrogens is 436 g/mol. The van der Waals surface area contributed by atoms with Gasteiger partial charge in [0, 0.05) is 60.7 Å². The number of carbonyl (C=O) groups excluding carboxylic acids is 1. The van der Waals surface area contributed by atoms with E-state index in [-0.39, 0.29) is 11.9 Å². The molecule has 1 fully saturated rings. The molecule has 0 aromatic heterocycles. The van der Waals surface area contributed by atoms with Gasteiger partial charge in [0.25, 0.3) is 5.91 Å². The average molecular weight is 465 g/mol. The van der Waals surface area contributed by atoms with Gasteiger partial charge in [0.05, 0.1) is 6.26 Å². The minimum atomic E-state index is -3.35. The summed E-state index contributed by atoms with van der Waals surface area (Å²) in [5, 5.41) is 4.23. The Morgan fingerprint density at radius 1 is 1.26 bits per heavy atom. The fourth-order valence-corrected chi connectivity index (χ4v) is 4.49. The molecule has 2 N–H and O–H groups in total. The molecule has 0 saturated carbocycles. The number of amides is 1. The number of anilines is 2. The lowest BCUT2D eigenvalue weighted by atomic mass is 10.1. The average Bonchev–Trinajstić information content (AvgIpc) is 2.73. The van der Waals surface area contributed by atoms with Gasteiger partial charge in [0.2, 0.25) is 10.0 Å². The van der Waals surface area contributed by atoms with Crippen molar-refractivity contribution in [2.45, 2.75) is 19.4 Å². The van der Waals surface area contributed by atoms with Gasteiger partial charge in [-0.05, 0) is 48.9 Å². The van der Waals surface area contributed by atoms with Crippen LogP contribution in [0.25, 0.3) is 0 Å². The van der Waals surface area contributed by atoms with Gasteiger partial charge >= 0.3 is 0 Å². The van der Waals surface area contributed by atoms with Crippen LogP contribution in [0.3, 0.4) is 0 Å². The summed E-state index contributed by atoms with van der Waals surface area (Å²) in [6.45, 7) is 5.78. The summed E-state index contributed by atoms with van der Waals surface area (Å²) >= 11 is 6.15. The molecule has 1 aliphatic heterocycles. The van der Waals surface area contributed by atoms with Gasteiger partial charge in [0.15, 0.2) is 0 Å². The number of nitrogens with one attached hydrogen (secondary N) is 2. The first-order valence-electron chi connectivity index (χ1n) is 10.4. The van der Waals surface area contributed by atoms with Crippen molar-refractivity contribution in [2.75, 3.05) is 48.6 Å². The zero-order chi connectivity index (χ0) is 22.4. The summed E-state index contributed by atoms with van der Waals surface area (Å²) in [7, 11) is -3.35. The van der Waals surface area contributed by atoms with Crippen LogP contribution in [0.4, 0.5) is 11.4 Å². The minimum absolute atomic E-state index is 0.0607. The SMILES string of the molecule is CCCN(CC1CN(c2cccc(Cl)c2)CCN1)C(=O)c1ccc(NS(C)(=O)=O)cc1. The number of carbonyl (C=O) groups is 1. The summed E-state index contributed by atoms with van der Waals surface area (Å²) in [6.07, 6.45) is 1.95. The van der Waals surface area contributed by atoms with Crippen LogP contribution >= 0.6 is 11.6 Å². The molecule has 9 heteroatoms. The molecule has 1 amide bonds. The van der Waals surface area contributed by atoms with Crippen LogP contribution in [0.15, 0.2) is 48.5 Å². The largest absolute Gasteiger partial charge is 0.369 e. The highest BCUT2D eigenvalue weighted by molar-refractivity contribution is 7.92. The van der Waals surface area contributed by atoms with Gasteiger partial charge in [-0.15, -0.1) is 0 Å². The molecule has 0 bridgehead atoms. The lowest BCUT2D eigenvalue weighted by Crippen LogP contribution is -2.56. The molecular formula is C22H29ClN4O3S. The van der Waals surface area contributed by atoms with E-state index in [1.54, 1.807) is 24.3 Å². The van der Waals surface area contributed by atoms with Crippen molar-refractivity contribution in [3.8, 4) is 0 Å². The number of halogens is 1. The summed E-state index contributed by atoms with van der Waals surface area (Å²) in [5.74, 6) is -0.0607. The Balaban J connectivity index is 1.67. The van der Waals surface area contributed by atoms with Crippen LogP contribution in [-0.2, 0) is 10.0 Å². The normalized spacial score (nSPS) is 16.7. The number of piperazine rings is 1. The minimum Gasteiger partial charge on any atom is -0.369 e. The van der Waals surface area contributed by atoms with Crippen LogP contribution in [0.1, 0.15) is 23.7 Å². The zero-order valence-electron chi connectivity index (χ0n) is 17.8. The maximum Gasteiger partial charge on any atom is 0.253 e. The molecule has 7 nitrogen and oxygen atoms in total. The van der Waals surface area contributed by atoms with E-state index in [4.69, 9.17) is 11.6 Å². The predicted octanol–water partition coefficient (Wildman–Crippen LogP) is 3.04. The molecule has 1 aliphatic rings. The van der Waals surface area contributed by atoms with Crippen LogP contribution in [0.2, 0.25) is 5.02 Å². The van der Waals surface area contributed by atoms with Crippen LogP contribution in [-0.4, -0.2) is 64.2 Å². The van der Waals surface area contributed by atoms with E-state index in [0.717, 1.165) is 38.0 Å². The number of hydrogen-bond donors (Lipinski definition) is 2. The molecule has 3 rings (SSSR count). The Bertz CT molecular complexity index is 998. The summed E-state index contributed by atoms with van der Waals surface area (Å²) < 4.78 is 25.2. The van der Waals surface area contributed by atoms with Crippen molar-refractivity contribution in [1.82, 2.24) is 10.2 Å². The van der Waals surface area contributed by atoms with Crippen molar-refractivity contribution in [3.05, 3.63) is 59.1 Å². The third kappa shape index (κ3) is 6.85. The van der Waals surface area contributed by atoms with Gasteiger partial charge in [0.1, 0.15) is 0 Å². The Morgan fingerprint density at radius 3 is 2.65 bits per heavy atom. The highest BCUT2D eigenvalue weighted by Crippen LogP contribution is 2.21. The first-order valence-corrected chi connectivity index (χ1v) is 12.6. The Labute approximate surface area is 189 Å².